The Labute approximate surface area is 193 Å². The first-order chi connectivity index (χ1) is 16.1. The summed E-state index contributed by atoms with van der Waals surface area (Å²) >= 11 is 0. The van der Waals surface area contributed by atoms with Crippen molar-refractivity contribution in [2.45, 2.75) is 11.8 Å². The van der Waals surface area contributed by atoms with Crippen LogP contribution in [0.15, 0.2) is 59.8 Å². The predicted octanol–water partition coefficient (Wildman–Crippen LogP) is 1.21. The van der Waals surface area contributed by atoms with Gasteiger partial charge in [0.15, 0.2) is 11.4 Å². The van der Waals surface area contributed by atoms with Gasteiger partial charge in [-0.2, -0.15) is 0 Å². The summed E-state index contributed by atoms with van der Waals surface area (Å²) in [7, 11) is -4.16. The maximum absolute atomic E-state index is 12.6. The lowest BCUT2D eigenvalue weighted by Crippen LogP contribution is -2.17. The fraction of sp³-hybridized carbons (Fsp3) is 0.0455. The van der Waals surface area contributed by atoms with E-state index < -0.39 is 15.9 Å². The number of nitrogen functional groups attached to an aromatic ring is 1. The number of aromatic nitrogens is 4. The van der Waals surface area contributed by atoms with Crippen molar-refractivity contribution in [3.8, 4) is 11.8 Å². The average molecular weight is 475 g/mol. The number of nitrogens with one attached hydrogen (secondary N) is 1. The Morgan fingerprint density at radius 2 is 1.82 bits per heavy atom. The molecule has 11 nitrogen and oxygen atoms in total. The van der Waals surface area contributed by atoms with E-state index in [1.807, 2.05) is 0 Å². The van der Waals surface area contributed by atoms with Gasteiger partial charge in [0.25, 0.3) is 5.91 Å². The summed E-state index contributed by atoms with van der Waals surface area (Å²) in [5.74, 6) is 4.96. The lowest BCUT2D eigenvalue weighted by Gasteiger charge is -2.08. The van der Waals surface area contributed by atoms with Gasteiger partial charge in [-0.05, 0) is 43.2 Å². The Kier molecular flexibility index (Phi) is 5.80. The van der Waals surface area contributed by atoms with Gasteiger partial charge in [0.05, 0.1) is 11.8 Å². The highest BCUT2D eigenvalue weighted by molar-refractivity contribution is 7.89. The van der Waals surface area contributed by atoms with Gasteiger partial charge in [0.2, 0.25) is 15.8 Å². The number of anilines is 2. The molecule has 0 aliphatic carbocycles. The Morgan fingerprint density at radius 1 is 1.06 bits per heavy atom. The number of sulfonamides is 1. The second-order valence-corrected chi connectivity index (χ2v) is 8.70. The van der Waals surface area contributed by atoms with Gasteiger partial charge in [0.1, 0.15) is 10.7 Å². The zero-order valence-corrected chi connectivity index (χ0v) is 18.5. The molecule has 0 aliphatic rings. The second-order valence-electron chi connectivity index (χ2n) is 7.17. The van der Waals surface area contributed by atoms with Gasteiger partial charge in [-0.3, -0.25) is 14.0 Å². The number of primary sulfonamides is 1. The molecule has 170 valence electrons. The van der Waals surface area contributed by atoms with Gasteiger partial charge in [-0.25, -0.2) is 18.5 Å². The molecule has 5 N–H and O–H groups in total. The van der Waals surface area contributed by atoms with E-state index in [0.717, 1.165) is 6.20 Å². The highest BCUT2D eigenvalue weighted by atomic mass is 32.2. The number of carbonyl (C=O) groups is 2. The fourth-order valence-corrected chi connectivity index (χ4v) is 3.64. The number of Topliss-reactive ketones (excluding diaryl/α,β-unsaturated/α-hetero) is 1. The van der Waals surface area contributed by atoms with Crippen molar-refractivity contribution in [2.75, 3.05) is 11.1 Å². The minimum Gasteiger partial charge on any atom is -0.398 e. The maximum Gasteiger partial charge on any atom is 0.256 e. The molecule has 0 bridgehead atoms. The third kappa shape index (κ3) is 4.75. The summed E-state index contributed by atoms with van der Waals surface area (Å²) in [4.78, 5) is 27.8. The van der Waals surface area contributed by atoms with E-state index in [1.54, 1.807) is 34.9 Å². The third-order valence-electron chi connectivity index (χ3n) is 4.68. The molecular weight excluding hydrogens is 458 g/mol. The minimum absolute atomic E-state index is 0.00839. The molecule has 34 heavy (non-hydrogen) atoms. The number of nitrogens with two attached hydrogens (primary N) is 2. The highest BCUT2D eigenvalue weighted by Crippen LogP contribution is 2.18. The first-order valence-electron chi connectivity index (χ1n) is 9.69. The summed E-state index contributed by atoms with van der Waals surface area (Å²) in [5, 5.41) is 15.8. The summed E-state index contributed by atoms with van der Waals surface area (Å²) in [6.45, 7) is 1.39. The maximum atomic E-state index is 12.6. The first kappa shape index (κ1) is 22.6. The van der Waals surface area contributed by atoms with E-state index in [1.165, 1.54) is 25.1 Å². The van der Waals surface area contributed by atoms with Crippen molar-refractivity contribution in [2.24, 2.45) is 5.14 Å². The second kappa shape index (κ2) is 8.74. The highest BCUT2D eigenvalue weighted by Gasteiger charge is 2.16. The normalized spacial score (nSPS) is 11.0. The number of carbonyl (C=O) groups excluding carboxylic acids is 2. The molecule has 0 fully saturated rings. The zero-order valence-electron chi connectivity index (χ0n) is 17.7. The zero-order chi connectivity index (χ0) is 24.5. The van der Waals surface area contributed by atoms with Gasteiger partial charge in [-0.1, -0.05) is 18.1 Å². The topological polar surface area (TPSA) is 175 Å². The van der Waals surface area contributed by atoms with Crippen molar-refractivity contribution >= 4 is 38.9 Å². The molecule has 0 saturated carbocycles. The van der Waals surface area contributed by atoms with Crippen molar-refractivity contribution in [3.05, 3.63) is 77.4 Å². The molecular formula is C22H17N7O4S. The SMILES string of the molecule is CC(=O)c1cccc(C(=O)Nc2cc(C#Cc3nnc4ccc(N)cn34)c(S(N)(=O)=O)cn2)c1. The molecule has 1 aromatic carbocycles. The molecule has 4 rings (SSSR count). The van der Waals surface area contributed by atoms with Crippen LogP contribution in [0.4, 0.5) is 11.5 Å². The number of amides is 1. The van der Waals surface area contributed by atoms with Crippen LogP contribution in [0.25, 0.3) is 5.65 Å². The monoisotopic (exact) mass is 475 g/mol. The summed E-state index contributed by atoms with van der Waals surface area (Å²) in [6.07, 6.45) is 2.58. The standard InChI is InChI=1S/C22H17N7O4S/c1-13(30)14-3-2-4-16(9-14)22(31)26-19-10-15(18(11-25-19)34(24,32)33)5-7-20-27-28-21-8-6-17(23)12-29(20)21/h2-4,6,8-12H,23H2,1H3,(H2,24,32,33)(H,25,26,31). The molecule has 3 heterocycles. The molecule has 3 aromatic heterocycles. The number of pyridine rings is 2. The van der Waals surface area contributed by atoms with Crippen LogP contribution in [0.5, 0.6) is 0 Å². The number of nitrogens with zero attached hydrogens (tertiary/aromatic N) is 4. The summed E-state index contributed by atoms with van der Waals surface area (Å²) in [5.41, 5.74) is 7.35. The molecule has 0 saturated heterocycles. The van der Waals surface area contributed by atoms with E-state index in [0.29, 0.717) is 16.9 Å². The Bertz CT molecular complexity index is 1630. The van der Waals surface area contributed by atoms with Crippen LogP contribution < -0.4 is 16.2 Å². The number of ketones is 1. The lowest BCUT2D eigenvalue weighted by atomic mass is 10.1. The molecule has 1 amide bonds. The van der Waals surface area contributed by atoms with E-state index in [9.17, 15) is 18.0 Å². The molecule has 0 spiro atoms. The van der Waals surface area contributed by atoms with Gasteiger partial charge < -0.3 is 11.1 Å². The Balaban J connectivity index is 1.71. The Hall–Kier alpha value is -4.60. The molecule has 0 atom stereocenters. The van der Waals surface area contributed by atoms with Crippen LogP contribution in [0.3, 0.4) is 0 Å². The third-order valence-corrected chi connectivity index (χ3v) is 5.62. The minimum atomic E-state index is -4.16. The van der Waals surface area contributed by atoms with Gasteiger partial charge in [-0.15, -0.1) is 10.2 Å². The van der Waals surface area contributed by atoms with Crippen LogP contribution in [-0.4, -0.2) is 39.7 Å². The van der Waals surface area contributed by atoms with Gasteiger partial charge >= 0.3 is 0 Å². The number of rotatable bonds is 4. The molecule has 0 aliphatic heterocycles. The lowest BCUT2D eigenvalue weighted by molar-refractivity contribution is 0.101. The number of hydrogen-bond acceptors (Lipinski definition) is 8. The average Bonchev–Trinajstić information content (AvgIpc) is 3.19. The van der Waals surface area contributed by atoms with Crippen LogP contribution >= 0.6 is 0 Å². The first-order valence-corrected chi connectivity index (χ1v) is 11.2. The van der Waals surface area contributed by atoms with Gasteiger partial charge in [0, 0.05) is 23.0 Å². The Morgan fingerprint density at radius 3 is 2.56 bits per heavy atom. The quantitative estimate of drug-likeness (QED) is 0.291. The van der Waals surface area contributed by atoms with Crippen molar-refractivity contribution in [1.82, 2.24) is 19.6 Å². The van der Waals surface area contributed by atoms with Crippen molar-refractivity contribution in [3.63, 3.8) is 0 Å². The summed E-state index contributed by atoms with van der Waals surface area (Å²) < 4.78 is 25.6. The van der Waals surface area contributed by atoms with Crippen molar-refractivity contribution in [1.29, 1.82) is 0 Å². The molecule has 12 heteroatoms. The van der Waals surface area contributed by atoms with Crippen LogP contribution in [0.1, 0.15) is 39.0 Å². The number of fused-ring (bicyclic) bond motifs is 1. The van der Waals surface area contributed by atoms with Crippen LogP contribution in [0, 0.1) is 11.8 Å². The van der Waals surface area contributed by atoms with E-state index in [2.05, 4.69) is 32.3 Å². The largest absolute Gasteiger partial charge is 0.398 e. The van der Waals surface area contributed by atoms with Crippen molar-refractivity contribution < 1.29 is 18.0 Å². The van der Waals surface area contributed by atoms with E-state index >= 15 is 0 Å². The van der Waals surface area contributed by atoms with E-state index in [4.69, 9.17) is 10.9 Å². The van der Waals surface area contributed by atoms with Crippen LogP contribution in [0.2, 0.25) is 0 Å². The summed E-state index contributed by atoms with van der Waals surface area (Å²) in [6, 6.07) is 10.7. The smallest absolute Gasteiger partial charge is 0.256 e. The predicted molar refractivity (Wildman–Crippen MR) is 123 cm³/mol. The number of benzene rings is 1. The van der Waals surface area contributed by atoms with E-state index in [-0.39, 0.29) is 33.4 Å². The van der Waals surface area contributed by atoms with Crippen LogP contribution in [-0.2, 0) is 10.0 Å². The molecule has 4 aromatic rings. The fourth-order valence-electron chi connectivity index (χ4n) is 3.02. The number of hydrogen-bond donors (Lipinski definition) is 3. The molecule has 0 unspecified atom stereocenters. The molecule has 0 radical (unpaired) electrons.